The van der Waals surface area contributed by atoms with E-state index in [9.17, 15) is 0 Å². The molecule has 2 atom stereocenters. The lowest BCUT2D eigenvalue weighted by molar-refractivity contribution is 0.199. The smallest absolute Gasteiger partial charge is 0.0587 e. The fourth-order valence-electron chi connectivity index (χ4n) is 2.65. The maximum absolute atomic E-state index is 4.99. The molecule has 0 bridgehead atoms. The summed E-state index contributed by atoms with van der Waals surface area (Å²) in [6, 6.07) is 0. The van der Waals surface area contributed by atoms with Gasteiger partial charge in [0.1, 0.15) is 0 Å². The molecule has 0 aliphatic heterocycles. The third-order valence-corrected chi connectivity index (χ3v) is 3.78. The Bertz CT molecular complexity index is 203. The first-order valence-corrected chi connectivity index (χ1v) is 7.23. The van der Waals surface area contributed by atoms with E-state index in [-0.39, 0.29) is 0 Å². The minimum atomic E-state index is 0.810. The van der Waals surface area contributed by atoms with E-state index < -0.39 is 0 Å². The quantitative estimate of drug-likeness (QED) is 0.518. The zero-order valence-electron chi connectivity index (χ0n) is 11.6. The first-order chi connectivity index (χ1) is 8.36. The van der Waals surface area contributed by atoms with Crippen LogP contribution in [-0.4, -0.2) is 26.8 Å². The van der Waals surface area contributed by atoms with Crippen molar-refractivity contribution in [3.05, 3.63) is 12.2 Å². The van der Waals surface area contributed by atoms with Crippen LogP contribution in [0.4, 0.5) is 0 Å². The van der Waals surface area contributed by atoms with Crippen LogP contribution in [0.15, 0.2) is 12.2 Å². The summed E-state index contributed by atoms with van der Waals surface area (Å²) in [5.41, 5.74) is 0. The molecule has 0 heterocycles. The molecule has 0 radical (unpaired) electrons. The largest absolute Gasteiger partial charge is 0.383 e. The molecular formula is C15H29NO. The SMILES string of the molecule is CCC1CCCC(/C=C/CCNCCOC)C1. The van der Waals surface area contributed by atoms with Crippen molar-refractivity contribution in [2.45, 2.75) is 45.4 Å². The summed E-state index contributed by atoms with van der Waals surface area (Å²) >= 11 is 0. The first-order valence-electron chi connectivity index (χ1n) is 7.23. The van der Waals surface area contributed by atoms with E-state index in [0.717, 1.165) is 38.0 Å². The van der Waals surface area contributed by atoms with Gasteiger partial charge in [-0.2, -0.15) is 0 Å². The molecule has 0 aromatic rings. The van der Waals surface area contributed by atoms with E-state index in [1.807, 2.05) is 0 Å². The van der Waals surface area contributed by atoms with Gasteiger partial charge in [0.15, 0.2) is 0 Å². The lowest BCUT2D eigenvalue weighted by atomic mass is 9.80. The molecule has 0 aromatic heterocycles. The van der Waals surface area contributed by atoms with Gasteiger partial charge in [0.25, 0.3) is 0 Å². The van der Waals surface area contributed by atoms with Gasteiger partial charge in [-0.05, 0) is 37.6 Å². The fourth-order valence-corrected chi connectivity index (χ4v) is 2.65. The lowest BCUT2D eigenvalue weighted by Crippen LogP contribution is -2.19. The zero-order valence-corrected chi connectivity index (χ0v) is 11.6. The number of methoxy groups -OCH3 is 1. The molecule has 0 spiro atoms. The molecule has 1 rings (SSSR count). The predicted molar refractivity (Wildman–Crippen MR) is 74.2 cm³/mol. The zero-order chi connectivity index (χ0) is 12.3. The maximum Gasteiger partial charge on any atom is 0.0587 e. The van der Waals surface area contributed by atoms with Crippen molar-refractivity contribution >= 4 is 0 Å². The van der Waals surface area contributed by atoms with Crippen LogP contribution in [0.25, 0.3) is 0 Å². The molecule has 1 aliphatic rings. The van der Waals surface area contributed by atoms with Crippen molar-refractivity contribution in [2.24, 2.45) is 11.8 Å². The Kier molecular flexibility index (Phi) is 8.37. The Labute approximate surface area is 107 Å². The van der Waals surface area contributed by atoms with Crippen molar-refractivity contribution in [3.63, 3.8) is 0 Å². The average molecular weight is 239 g/mol. The third kappa shape index (κ3) is 6.85. The van der Waals surface area contributed by atoms with Gasteiger partial charge >= 0.3 is 0 Å². The van der Waals surface area contributed by atoms with Crippen LogP contribution in [0.1, 0.15) is 45.4 Å². The Morgan fingerprint density at radius 3 is 2.94 bits per heavy atom. The molecule has 1 N–H and O–H groups in total. The van der Waals surface area contributed by atoms with Gasteiger partial charge in [-0.15, -0.1) is 0 Å². The molecule has 0 amide bonds. The fraction of sp³-hybridized carbons (Fsp3) is 0.867. The Balaban J connectivity index is 2.03. The monoisotopic (exact) mass is 239 g/mol. The van der Waals surface area contributed by atoms with Crippen LogP contribution >= 0.6 is 0 Å². The summed E-state index contributed by atoms with van der Waals surface area (Å²) in [5, 5.41) is 3.37. The van der Waals surface area contributed by atoms with Gasteiger partial charge in [-0.1, -0.05) is 38.3 Å². The Morgan fingerprint density at radius 2 is 2.18 bits per heavy atom. The van der Waals surface area contributed by atoms with E-state index in [0.29, 0.717) is 0 Å². The standard InChI is InChI=1S/C15H29NO/c1-3-14-8-6-9-15(13-14)7-4-5-10-16-11-12-17-2/h4,7,14-16H,3,5-6,8-13H2,1-2H3/b7-4+. The van der Waals surface area contributed by atoms with Crippen molar-refractivity contribution in [3.8, 4) is 0 Å². The van der Waals surface area contributed by atoms with Crippen molar-refractivity contribution in [2.75, 3.05) is 26.8 Å². The van der Waals surface area contributed by atoms with Crippen molar-refractivity contribution in [1.29, 1.82) is 0 Å². The topological polar surface area (TPSA) is 21.3 Å². The molecule has 0 saturated heterocycles. The highest BCUT2D eigenvalue weighted by atomic mass is 16.5. The minimum Gasteiger partial charge on any atom is -0.383 e. The van der Waals surface area contributed by atoms with E-state index in [2.05, 4.69) is 24.4 Å². The first kappa shape index (κ1) is 14.7. The molecule has 0 aromatic carbocycles. The third-order valence-electron chi connectivity index (χ3n) is 3.78. The van der Waals surface area contributed by atoms with Crippen molar-refractivity contribution < 1.29 is 4.74 Å². The van der Waals surface area contributed by atoms with E-state index in [1.165, 1.54) is 32.1 Å². The molecule has 17 heavy (non-hydrogen) atoms. The van der Waals surface area contributed by atoms with Crippen LogP contribution in [-0.2, 0) is 4.74 Å². The molecular weight excluding hydrogens is 210 g/mol. The second-order valence-electron chi connectivity index (χ2n) is 5.16. The van der Waals surface area contributed by atoms with Crippen LogP contribution in [0.5, 0.6) is 0 Å². The number of hydrogen-bond acceptors (Lipinski definition) is 2. The Morgan fingerprint density at radius 1 is 1.29 bits per heavy atom. The molecule has 1 fully saturated rings. The normalized spacial score (nSPS) is 25.5. The molecule has 100 valence electrons. The van der Waals surface area contributed by atoms with E-state index in [1.54, 1.807) is 7.11 Å². The number of ether oxygens (including phenoxy) is 1. The number of nitrogens with one attached hydrogen (secondary N) is 1. The lowest BCUT2D eigenvalue weighted by Gasteiger charge is -2.26. The molecule has 2 unspecified atom stereocenters. The number of hydrogen-bond donors (Lipinski definition) is 1. The van der Waals surface area contributed by atoms with E-state index in [4.69, 9.17) is 4.74 Å². The second-order valence-corrected chi connectivity index (χ2v) is 5.16. The van der Waals surface area contributed by atoms with Crippen LogP contribution in [0.2, 0.25) is 0 Å². The molecule has 2 heteroatoms. The van der Waals surface area contributed by atoms with Gasteiger partial charge in [-0.3, -0.25) is 0 Å². The summed E-state index contributed by atoms with van der Waals surface area (Å²) in [5.74, 6) is 1.84. The van der Waals surface area contributed by atoms with Gasteiger partial charge in [-0.25, -0.2) is 0 Å². The summed E-state index contributed by atoms with van der Waals surface area (Å²) in [7, 11) is 1.74. The summed E-state index contributed by atoms with van der Waals surface area (Å²) in [6.45, 7) is 5.18. The number of allylic oxidation sites excluding steroid dienone is 1. The van der Waals surface area contributed by atoms with Crippen LogP contribution in [0.3, 0.4) is 0 Å². The molecule has 1 aliphatic carbocycles. The summed E-state index contributed by atoms with van der Waals surface area (Å²) in [6.07, 6.45) is 13.1. The molecule has 1 saturated carbocycles. The van der Waals surface area contributed by atoms with Crippen LogP contribution < -0.4 is 5.32 Å². The molecule has 2 nitrogen and oxygen atoms in total. The van der Waals surface area contributed by atoms with Gasteiger partial charge in [0.2, 0.25) is 0 Å². The van der Waals surface area contributed by atoms with E-state index >= 15 is 0 Å². The average Bonchev–Trinajstić information content (AvgIpc) is 2.38. The minimum absolute atomic E-state index is 0.810. The maximum atomic E-state index is 4.99. The Hall–Kier alpha value is -0.340. The highest BCUT2D eigenvalue weighted by Gasteiger charge is 2.18. The highest BCUT2D eigenvalue weighted by molar-refractivity contribution is 4.91. The van der Waals surface area contributed by atoms with Gasteiger partial charge in [0.05, 0.1) is 6.61 Å². The van der Waals surface area contributed by atoms with Gasteiger partial charge in [0, 0.05) is 13.7 Å². The highest BCUT2D eigenvalue weighted by Crippen LogP contribution is 2.31. The second kappa shape index (κ2) is 9.67. The van der Waals surface area contributed by atoms with Crippen LogP contribution in [0, 0.1) is 11.8 Å². The summed E-state index contributed by atoms with van der Waals surface area (Å²) in [4.78, 5) is 0. The van der Waals surface area contributed by atoms with Crippen molar-refractivity contribution in [1.82, 2.24) is 5.32 Å². The number of rotatable bonds is 8. The predicted octanol–water partition coefficient (Wildman–Crippen LogP) is 3.39. The summed E-state index contributed by atoms with van der Waals surface area (Å²) < 4.78 is 4.99. The van der Waals surface area contributed by atoms with Gasteiger partial charge < -0.3 is 10.1 Å².